The molecule has 1 aromatic heterocycles. The van der Waals surface area contributed by atoms with Gasteiger partial charge in [0.1, 0.15) is 6.33 Å². The molecule has 0 atom stereocenters. The van der Waals surface area contributed by atoms with E-state index in [1.165, 1.54) is 6.33 Å². The molecule has 1 aliphatic rings. The molecule has 1 aliphatic heterocycles. The third-order valence-corrected chi connectivity index (χ3v) is 4.10. The van der Waals surface area contributed by atoms with Gasteiger partial charge in [-0.25, -0.2) is 4.68 Å². The van der Waals surface area contributed by atoms with E-state index in [4.69, 9.17) is 5.11 Å². The second-order valence-electron chi connectivity index (χ2n) is 5.59. The van der Waals surface area contributed by atoms with Crippen molar-refractivity contribution in [2.75, 3.05) is 13.1 Å². The first-order valence-electron chi connectivity index (χ1n) is 7.46. The van der Waals surface area contributed by atoms with Crippen LogP contribution in [0.2, 0.25) is 0 Å². The Balaban J connectivity index is 1.57. The number of tetrazole rings is 1. The Morgan fingerprint density at radius 3 is 2.43 bits per heavy atom. The molecule has 0 saturated carbocycles. The minimum Gasteiger partial charge on any atom is -0.481 e. The fraction of sp³-hybridized carbons (Fsp3) is 0.400. The molecule has 3 rings (SSSR count). The van der Waals surface area contributed by atoms with Gasteiger partial charge in [0.2, 0.25) is 5.91 Å². The number of carbonyl (C=O) groups is 2. The van der Waals surface area contributed by atoms with Crippen LogP contribution in [0.25, 0.3) is 5.69 Å². The zero-order valence-electron chi connectivity index (χ0n) is 12.5. The number of hydrogen-bond donors (Lipinski definition) is 1. The van der Waals surface area contributed by atoms with Crippen LogP contribution < -0.4 is 0 Å². The van der Waals surface area contributed by atoms with Gasteiger partial charge in [-0.05, 0) is 41.0 Å². The molecule has 1 amide bonds. The summed E-state index contributed by atoms with van der Waals surface area (Å²) in [6, 6.07) is 7.46. The number of carboxylic acids is 1. The van der Waals surface area contributed by atoms with Crippen LogP contribution >= 0.6 is 0 Å². The van der Waals surface area contributed by atoms with E-state index in [1.54, 1.807) is 9.58 Å². The van der Waals surface area contributed by atoms with Gasteiger partial charge in [0.25, 0.3) is 0 Å². The number of hydrogen-bond acceptors (Lipinski definition) is 5. The summed E-state index contributed by atoms with van der Waals surface area (Å²) >= 11 is 0. The standard InChI is InChI=1S/C15H17N5O3/c21-14(19-7-5-12(6-8-19)15(22)23)9-11-1-3-13(4-2-11)20-10-16-17-18-20/h1-4,10,12H,5-9H2,(H,22,23). The molecule has 8 heteroatoms. The maximum Gasteiger partial charge on any atom is 0.306 e. The van der Waals surface area contributed by atoms with Gasteiger partial charge in [0, 0.05) is 13.1 Å². The molecule has 1 N–H and O–H groups in total. The fourth-order valence-corrected chi connectivity index (χ4v) is 2.71. The predicted molar refractivity (Wildman–Crippen MR) is 79.8 cm³/mol. The summed E-state index contributed by atoms with van der Waals surface area (Å²) < 4.78 is 1.54. The molecule has 2 aromatic rings. The molecule has 0 aliphatic carbocycles. The van der Waals surface area contributed by atoms with E-state index >= 15 is 0 Å². The molecule has 0 unspecified atom stereocenters. The number of nitrogens with zero attached hydrogens (tertiary/aromatic N) is 5. The van der Waals surface area contributed by atoms with Crippen molar-refractivity contribution < 1.29 is 14.7 Å². The lowest BCUT2D eigenvalue weighted by Crippen LogP contribution is -2.40. The Kier molecular flexibility index (Phi) is 4.31. The van der Waals surface area contributed by atoms with Crippen molar-refractivity contribution in [1.29, 1.82) is 0 Å². The molecule has 1 saturated heterocycles. The summed E-state index contributed by atoms with van der Waals surface area (Å²) in [4.78, 5) is 25.0. The van der Waals surface area contributed by atoms with E-state index in [2.05, 4.69) is 15.5 Å². The van der Waals surface area contributed by atoms with Crippen molar-refractivity contribution in [1.82, 2.24) is 25.1 Å². The summed E-state index contributed by atoms with van der Waals surface area (Å²) in [7, 11) is 0. The van der Waals surface area contributed by atoms with E-state index in [0.717, 1.165) is 11.3 Å². The number of amides is 1. The molecule has 1 aromatic carbocycles. The van der Waals surface area contributed by atoms with Gasteiger partial charge in [-0.2, -0.15) is 0 Å². The van der Waals surface area contributed by atoms with Gasteiger partial charge in [0.15, 0.2) is 0 Å². The Morgan fingerprint density at radius 1 is 1.17 bits per heavy atom. The number of likely N-dealkylation sites (tertiary alicyclic amines) is 1. The van der Waals surface area contributed by atoms with Gasteiger partial charge in [-0.15, -0.1) is 5.10 Å². The van der Waals surface area contributed by atoms with Gasteiger partial charge >= 0.3 is 5.97 Å². The quantitative estimate of drug-likeness (QED) is 0.883. The topological polar surface area (TPSA) is 101 Å². The van der Waals surface area contributed by atoms with E-state index in [0.29, 0.717) is 32.4 Å². The highest BCUT2D eigenvalue weighted by Crippen LogP contribution is 2.18. The van der Waals surface area contributed by atoms with Crippen LogP contribution in [-0.2, 0) is 16.0 Å². The summed E-state index contributed by atoms with van der Waals surface area (Å²) in [5.74, 6) is -1.06. The average molecular weight is 315 g/mol. The lowest BCUT2D eigenvalue weighted by atomic mass is 9.96. The maximum absolute atomic E-state index is 12.3. The summed E-state index contributed by atoms with van der Waals surface area (Å²) in [6.07, 6.45) is 2.87. The third kappa shape index (κ3) is 3.53. The highest BCUT2D eigenvalue weighted by Gasteiger charge is 2.26. The molecule has 0 bridgehead atoms. The number of piperidine rings is 1. The van der Waals surface area contributed by atoms with Crippen molar-refractivity contribution in [2.24, 2.45) is 5.92 Å². The highest BCUT2D eigenvalue weighted by atomic mass is 16.4. The number of benzene rings is 1. The molecular weight excluding hydrogens is 298 g/mol. The molecule has 2 heterocycles. The first kappa shape index (κ1) is 15.1. The second kappa shape index (κ2) is 6.55. The minimum absolute atomic E-state index is 0.0315. The molecule has 1 fully saturated rings. The molecule has 8 nitrogen and oxygen atoms in total. The lowest BCUT2D eigenvalue weighted by Gasteiger charge is -2.30. The first-order valence-corrected chi connectivity index (χ1v) is 7.46. The zero-order chi connectivity index (χ0) is 16.2. The van der Waals surface area contributed by atoms with E-state index in [9.17, 15) is 9.59 Å². The number of carbonyl (C=O) groups excluding carboxylic acids is 1. The maximum atomic E-state index is 12.3. The van der Waals surface area contributed by atoms with Crippen LogP contribution in [0, 0.1) is 5.92 Å². The van der Waals surface area contributed by atoms with Crippen LogP contribution in [0.15, 0.2) is 30.6 Å². The van der Waals surface area contributed by atoms with Crippen LogP contribution in [-0.4, -0.2) is 55.2 Å². The van der Waals surface area contributed by atoms with Gasteiger partial charge < -0.3 is 10.0 Å². The molecule has 120 valence electrons. The van der Waals surface area contributed by atoms with E-state index < -0.39 is 5.97 Å². The number of aliphatic carboxylic acids is 1. The second-order valence-corrected chi connectivity index (χ2v) is 5.59. The largest absolute Gasteiger partial charge is 0.481 e. The average Bonchev–Trinajstić information content (AvgIpc) is 3.10. The van der Waals surface area contributed by atoms with Crippen LogP contribution in [0.3, 0.4) is 0 Å². The van der Waals surface area contributed by atoms with Crippen LogP contribution in [0.5, 0.6) is 0 Å². The SMILES string of the molecule is O=C(O)C1CCN(C(=O)Cc2ccc(-n3cnnn3)cc2)CC1. The highest BCUT2D eigenvalue weighted by molar-refractivity contribution is 5.79. The minimum atomic E-state index is -0.768. The fourth-order valence-electron chi connectivity index (χ4n) is 2.71. The van der Waals surface area contributed by atoms with Crippen molar-refractivity contribution >= 4 is 11.9 Å². The van der Waals surface area contributed by atoms with Crippen LogP contribution in [0.4, 0.5) is 0 Å². The lowest BCUT2D eigenvalue weighted by molar-refractivity contribution is -0.145. The third-order valence-electron chi connectivity index (χ3n) is 4.10. The Bertz CT molecular complexity index is 676. The van der Waals surface area contributed by atoms with Gasteiger partial charge in [-0.3, -0.25) is 9.59 Å². The molecular formula is C15H17N5O3. The predicted octanol–water partition coefficient (Wildman–Crippen LogP) is 0.528. The molecule has 23 heavy (non-hydrogen) atoms. The molecule has 0 spiro atoms. The normalized spacial score (nSPS) is 15.6. The van der Waals surface area contributed by atoms with Crippen molar-refractivity contribution in [3.8, 4) is 5.69 Å². The van der Waals surface area contributed by atoms with E-state index in [1.807, 2.05) is 24.3 Å². The first-order chi connectivity index (χ1) is 11.1. The summed E-state index contributed by atoms with van der Waals surface area (Å²) in [5, 5.41) is 19.9. The van der Waals surface area contributed by atoms with Crippen molar-refractivity contribution in [3.05, 3.63) is 36.2 Å². The van der Waals surface area contributed by atoms with Crippen molar-refractivity contribution in [2.45, 2.75) is 19.3 Å². The number of aromatic nitrogens is 4. The number of carboxylic acid groups (broad SMARTS) is 1. The van der Waals surface area contributed by atoms with Gasteiger partial charge in [0.05, 0.1) is 18.0 Å². The Hall–Kier alpha value is -2.77. The monoisotopic (exact) mass is 315 g/mol. The molecule has 0 radical (unpaired) electrons. The Morgan fingerprint density at radius 2 is 1.87 bits per heavy atom. The van der Waals surface area contributed by atoms with Gasteiger partial charge in [-0.1, -0.05) is 12.1 Å². The number of rotatable bonds is 4. The smallest absolute Gasteiger partial charge is 0.306 e. The van der Waals surface area contributed by atoms with E-state index in [-0.39, 0.29) is 11.8 Å². The zero-order valence-corrected chi connectivity index (χ0v) is 12.5. The van der Waals surface area contributed by atoms with Crippen molar-refractivity contribution in [3.63, 3.8) is 0 Å². The Labute approximate surface area is 132 Å². The van der Waals surface area contributed by atoms with Crippen LogP contribution in [0.1, 0.15) is 18.4 Å². The summed E-state index contributed by atoms with van der Waals surface area (Å²) in [6.45, 7) is 1.02. The summed E-state index contributed by atoms with van der Waals surface area (Å²) in [5.41, 5.74) is 1.74.